The van der Waals surface area contributed by atoms with Crippen molar-refractivity contribution in [1.29, 1.82) is 5.26 Å². The molecule has 0 aliphatic carbocycles. The number of benzene rings is 2. The lowest BCUT2D eigenvalue weighted by atomic mass is 10.1. The fraction of sp³-hybridized carbons (Fsp3) is 0.211. The molecule has 3 rings (SSSR count). The molecule has 3 aromatic rings. The quantitative estimate of drug-likeness (QED) is 0.781. The zero-order valence-corrected chi connectivity index (χ0v) is 13.8. The molecular formula is C19H19N5. The highest BCUT2D eigenvalue weighted by Gasteiger charge is 2.14. The van der Waals surface area contributed by atoms with E-state index in [1.54, 1.807) is 0 Å². The van der Waals surface area contributed by atoms with E-state index in [1.165, 1.54) is 0 Å². The highest BCUT2D eigenvalue weighted by molar-refractivity contribution is 5.92. The summed E-state index contributed by atoms with van der Waals surface area (Å²) >= 11 is 0. The van der Waals surface area contributed by atoms with Crippen molar-refractivity contribution < 1.29 is 0 Å². The Kier molecular flexibility index (Phi) is 4.57. The van der Waals surface area contributed by atoms with E-state index in [-0.39, 0.29) is 6.04 Å². The second kappa shape index (κ2) is 6.97. The first-order valence-electron chi connectivity index (χ1n) is 7.87. The van der Waals surface area contributed by atoms with E-state index in [2.05, 4.69) is 52.6 Å². The van der Waals surface area contributed by atoms with Crippen LogP contribution in [0.15, 0.2) is 54.6 Å². The number of nitriles is 1. The van der Waals surface area contributed by atoms with Crippen molar-refractivity contribution in [2.24, 2.45) is 0 Å². The lowest BCUT2D eigenvalue weighted by Crippen LogP contribution is -2.32. The molecule has 0 aliphatic rings. The van der Waals surface area contributed by atoms with Crippen LogP contribution in [0.5, 0.6) is 0 Å². The first-order chi connectivity index (χ1) is 11.7. The summed E-state index contributed by atoms with van der Waals surface area (Å²) in [4.78, 5) is 2.18. The van der Waals surface area contributed by atoms with Crippen molar-refractivity contribution in [2.45, 2.75) is 13.0 Å². The van der Waals surface area contributed by atoms with Crippen molar-refractivity contribution >= 4 is 22.3 Å². The van der Waals surface area contributed by atoms with Gasteiger partial charge in [0.2, 0.25) is 0 Å². The summed E-state index contributed by atoms with van der Waals surface area (Å²) in [5.74, 6) is 0. The van der Waals surface area contributed by atoms with Crippen LogP contribution in [0.25, 0.3) is 10.9 Å². The summed E-state index contributed by atoms with van der Waals surface area (Å²) in [6, 6.07) is 20.2. The van der Waals surface area contributed by atoms with Gasteiger partial charge >= 0.3 is 0 Å². The Hall–Kier alpha value is -3.13. The molecule has 0 fully saturated rings. The van der Waals surface area contributed by atoms with Gasteiger partial charge in [-0.05, 0) is 25.1 Å². The van der Waals surface area contributed by atoms with E-state index in [4.69, 9.17) is 0 Å². The predicted molar refractivity (Wildman–Crippen MR) is 97.0 cm³/mol. The molecule has 1 atom stereocenters. The van der Waals surface area contributed by atoms with Gasteiger partial charge in [0.25, 0.3) is 0 Å². The molecular weight excluding hydrogens is 298 g/mol. The molecule has 24 heavy (non-hydrogen) atoms. The molecule has 0 unspecified atom stereocenters. The van der Waals surface area contributed by atoms with Gasteiger partial charge in [0, 0.05) is 30.7 Å². The van der Waals surface area contributed by atoms with Gasteiger partial charge in [-0.25, -0.2) is 0 Å². The monoisotopic (exact) mass is 317 g/mol. The number of fused-ring (bicyclic) bond motifs is 1. The number of likely N-dealkylation sites (N-methyl/N-ethyl adjacent to an activating group) is 1. The Bertz CT molecular complexity index is 870. The SMILES string of the molecule is C[C@@H](CN(C)c1ccccc1)Nc1c(C#N)nnc2ccccc12. The van der Waals surface area contributed by atoms with Crippen molar-refractivity contribution in [3.05, 3.63) is 60.3 Å². The van der Waals surface area contributed by atoms with E-state index >= 15 is 0 Å². The van der Waals surface area contributed by atoms with Gasteiger partial charge in [0.15, 0.2) is 5.69 Å². The summed E-state index contributed by atoms with van der Waals surface area (Å²) in [5, 5.41) is 21.8. The highest BCUT2D eigenvalue weighted by Crippen LogP contribution is 2.24. The topological polar surface area (TPSA) is 64.8 Å². The molecule has 0 saturated carbocycles. The maximum Gasteiger partial charge on any atom is 0.186 e. The summed E-state index contributed by atoms with van der Waals surface area (Å²) in [6.45, 7) is 2.89. The number of anilines is 2. The molecule has 1 heterocycles. The van der Waals surface area contributed by atoms with E-state index in [0.717, 1.165) is 28.8 Å². The van der Waals surface area contributed by atoms with Gasteiger partial charge in [-0.2, -0.15) is 5.26 Å². The van der Waals surface area contributed by atoms with Gasteiger partial charge in [0.1, 0.15) is 6.07 Å². The second-order valence-corrected chi connectivity index (χ2v) is 5.81. The minimum atomic E-state index is 0.134. The minimum absolute atomic E-state index is 0.134. The maximum absolute atomic E-state index is 9.35. The minimum Gasteiger partial charge on any atom is -0.378 e. The zero-order valence-electron chi connectivity index (χ0n) is 13.8. The van der Waals surface area contributed by atoms with Gasteiger partial charge in [-0.15, -0.1) is 10.2 Å². The molecule has 1 N–H and O–H groups in total. The van der Waals surface area contributed by atoms with Crippen LogP contribution in [0.1, 0.15) is 12.6 Å². The number of nitrogens with zero attached hydrogens (tertiary/aromatic N) is 4. The Labute approximate surface area is 141 Å². The van der Waals surface area contributed by atoms with Crippen LogP contribution in [0.3, 0.4) is 0 Å². The number of hydrogen-bond acceptors (Lipinski definition) is 5. The number of para-hydroxylation sites is 1. The van der Waals surface area contributed by atoms with Crippen LogP contribution in [-0.2, 0) is 0 Å². The van der Waals surface area contributed by atoms with Crippen molar-refractivity contribution in [2.75, 3.05) is 23.8 Å². The zero-order chi connectivity index (χ0) is 16.9. The molecule has 120 valence electrons. The van der Waals surface area contributed by atoms with E-state index < -0.39 is 0 Å². The molecule has 2 aromatic carbocycles. The van der Waals surface area contributed by atoms with E-state index in [0.29, 0.717) is 5.69 Å². The standard InChI is InChI=1S/C19H19N5/c1-14(13-24(2)15-8-4-3-5-9-15)21-19-16-10-6-7-11-17(16)22-23-18(19)12-20/h3-11,14H,13H2,1-2H3,(H,21,22)/t14-/m0/s1. The number of hydrogen-bond donors (Lipinski definition) is 1. The Balaban J connectivity index is 1.83. The Morgan fingerprint density at radius 3 is 2.54 bits per heavy atom. The van der Waals surface area contributed by atoms with Gasteiger partial charge in [0.05, 0.1) is 11.2 Å². The van der Waals surface area contributed by atoms with E-state index in [1.807, 2.05) is 42.5 Å². The molecule has 0 aliphatic heterocycles. The molecule has 5 nitrogen and oxygen atoms in total. The number of rotatable bonds is 5. The highest BCUT2D eigenvalue weighted by atomic mass is 15.1. The molecule has 5 heteroatoms. The average molecular weight is 317 g/mol. The lowest BCUT2D eigenvalue weighted by molar-refractivity contribution is 0.759. The van der Waals surface area contributed by atoms with Crippen LogP contribution in [0.2, 0.25) is 0 Å². The largest absolute Gasteiger partial charge is 0.378 e. The molecule has 0 bridgehead atoms. The van der Waals surface area contributed by atoms with Crippen molar-refractivity contribution in [3.63, 3.8) is 0 Å². The fourth-order valence-electron chi connectivity index (χ4n) is 2.77. The molecule has 0 saturated heterocycles. The maximum atomic E-state index is 9.35. The summed E-state index contributed by atoms with van der Waals surface area (Å²) in [6.07, 6.45) is 0. The van der Waals surface area contributed by atoms with Crippen molar-refractivity contribution in [3.8, 4) is 6.07 Å². The lowest BCUT2D eigenvalue weighted by Gasteiger charge is -2.25. The molecule has 0 radical (unpaired) electrons. The van der Waals surface area contributed by atoms with Gasteiger partial charge in [-0.3, -0.25) is 0 Å². The van der Waals surface area contributed by atoms with Crippen LogP contribution >= 0.6 is 0 Å². The second-order valence-electron chi connectivity index (χ2n) is 5.81. The normalized spacial score (nSPS) is 11.7. The third-order valence-corrected chi connectivity index (χ3v) is 3.91. The summed E-state index contributed by atoms with van der Waals surface area (Å²) in [5.41, 5.74) is 3.01. The summed E-state index contributed by atoms with van der Waals surface area (Å²) < 4.78 is 0. The molecule has 0 amide bonds. The first kappa shape index (κ1) is 15.8. The average Bonchev–Trinajstić information content (AvgIpc) is 2.62. The number of nitrogens with one attached hydrogen (secondary N) is 1. The van der Waals surface area contributed by atoms with E-state index in [9.17, 15) is 5.26 Å². The number of aromatic nitrogens is 2. The Morgan fingerprint density at radius 1 is 1.08 bits per heavy atom. The fourth-order valence-corrected chi connectivity index (χ4v) is 2.77. The molecule has 1 aromatic heterocycles. The predicted octanol–water partition coefficient (Wildman–Crippen LogP) is 3.44. The van der Waals surface area contributed by atoms with Crippen LogP contribution in [0, 0.1) is 11.3 Å². The van der Waals surface area contributed by atoms with Crippen LogP contribution in [-0.4, -0.2) is 29.8 Å². The van der Waals surface area contributed by atoms with Gasteiger partial charge < -0.3 is 10.2 Å². The first-order valence-corrected chi connectivity index (χ1v) is 7.87. The van der Waals surface area contributed by atoms with Gasteiger partial charge in [-0.1, -0.05) is 36.4 Å². The smallest absolute Gasteiger partial charge is 0.186 e. The third kappa shape index (κ3) is 3.28. The Morgan fingerprint density at radius 2 is 1.79 bits per heavy atom. The summed E-state index contributed by atoms with van der Waals surface area (Å²) in [7, 11) is 2.06. The third-order valence-electron chi connectivity index (χ3n) is 3.91. The van der Waals surface area contributed by atoms with Crippen molar-refractivity contribution in [1.82, 2.24) is 10.2 Å². The molecule has 0 spiro atoms. The van der Waals surface area contributed by atoms with Crippen LogP contribution in [0.4, 0.5) is 11.4 Å². The van der Waals surface area contributed by atoms with Crippen LogP contribution < -0.4 is 10.2 Å².